The summed E-state index contributed by atoms with van der Waals surface area (Å²) in [6, 6.07) is 6.61. The highest BCUT2D eigenvalue weighted by Crippen LogP contribution is 2.26. The minimum atomic E-state index is -1.08. The molecule has 2 aromatic rings. The third-order valence-corrected chi connectivity index (χ3v) is 4.25. The number of thiophene rings is 1. The summed E-state index contributed by atoms with van der Waals surface area (Å²) in [4.78, 5) is 22.8. The van der Waals surface area contributed by atoms with Gasteiger partial charge in [-0.3, -0.25) is 4.79 Å². The molecule has 0 aliphatic rings. The molecule has 0 saturated carbocycles. The number of carboxylic acids is 1. The molecule has 0 atom stereocenters. The zero-order chi connectivity index (χ0) is 15.4. The Morgan fingerprint density at radius 1 is 1.24 bits per heavy atom. The van der Waals surface area contributed by atoms with E-state index >= 15 is 0 Å². The van der Waals surface area contributed by atoms with Crippen molar-refractivity contribution in [2.75, 3.05) is 5.32 Å². The summed E-state index contributed by atoms with van der Waals surface area (Å²) in [6.07, 6.45) is 2.77. The Labute approximate surface area is 134 Å². The maximum atomic E-state index is 11.8. The summed E-state index contributed by atoms with van der Waals surface area (Å²) in [6.45, 7) is 0. The van der Waals surface area contributed by atoms with Crippen LogP contribution in [0.4, 0.5) is 5.69 Å². The highest BCUT2D eigenvalue weighted by Gasteiger charge is 2.12. The summed E-state index contributed by atoms with van der Waals surface area (Å²) in [5, 5.41) is 13.8. The number of halogens is 2. The Morgan fingerprint density at radius 2 is 2.00 bits per heavy atom. The van der Waals surface area contributed by atoms with Gasteiger partial charge in [-0.1, -0.05) is 35.3 Å². The molecule has 0 aliphatic carbocycles. The minimum Gasteiger partial charge on any atom is -0.477 e. The van der Waals surface area contributed by atoms with E-state index in [1.54, 1.807) is 23.6 Å². The molecule has 0 spiro atoms. The molecule has 2 N–H and O–H groups in total. The lowest BCUT2D eigenvalue weighted by Gasteiger charge is -2.02. The van der Waals surface area contributed by atoms with Crippen LogP contribution < -0.4 is 5.32 Å². The number of amides is 1. The first-order valence-corrected chi connectivity index (χ1v) is 7.36. The van der Waals surface area contributed by atoms with Crippen molar-refractivity contribution in [3.63, 3.8) is 0 Å². The van der Waals surface area contributed by atoms with Crippen LogP contribution in [0.2, 0.25) is 10.0 Å². The molecule has 0 unspecified atom stereocenters. The number of rotatable bonds is 4. The van der Waals surface area contributed by atoms with Crippen LogP contribution in [-0.4, -0.2) is 17.0 Å². The maximum absolute atomic E-state index is 11.8. The van der Waals surface area contributed by atoms with Gasteiger partial charge in [0.05, 0.1) is 15.7 Å². The molecule has 2 rings (SSSR count). The van der Waals surface area contributed by atoms with E-state index in [9.17, 15) is 9.59 Å². The van der Waals surface area contributed by atoms with Gasteiger partial charge in [0.25, 0.3) is 0 Å². The molecule has 1 aromatic carbocycles. The molecule has 0 fully saturated rings. The molecule has 1 amide bonds. The predicted molar refractivity (Wildman–Crippen MR) is 85.4 cm³/mol. The summed E-state index contributed by atoms with van der Waals surface area (Å²) in [5.41, 5.74) is 0.863. The van der Waals surface area contributed by atoms with E-state index < -0.39 is 11.9 Å². The Bertz CT molecular complexity index is 725. The second kappa shape index (κ2) is 6.76. The van der Waals surface area contributed by atoms with Gasteiger partial charge in [-0.05, 0) is 29.2 Å². The molecule has 1 aromatic heterocycles. The van der Waals surface area contributed by atoms with Gasteiger partial charge >= 0.3 is 5.97 Å². The van der Waals surface area contributed by atoms with Crippen molar-refractivity contribution in [1.29, 1.82) is 0 Å². The van der Waals surface area contributed by atoms with Crippen LogP contribution >= 0.6 is 34.5 Å². The van der Waals surface area contributed by atoms with E-state index in [0.29, 0.717) is 15.6 Å². The fraction of sp³-hybridized carbons (Fsp3) is 0. The first-order valence-electron chi connectivity index (χ1n) is 5.73. The number of anilines is 1. The molecular weight excluding hydrogens is 333 g/mol. The van der Waals surface area contributed by atoms with Crippen molar-refractivity contribution in [2.45, 2.75) is 0 Å². The molecule has 0 bridgehead atoms. The summed E-state index contributed by atoms with van der Waals surface area (Å²) < 4.78 is 0. The van der Waals surface area contributed by atoms with E-state index in [1.165, 1.54) is 18.2 Å². The van der Waals surface area contributed by atoms with E-state index in [2.05, 4.69) is 5.32 Å². The summed E-state index contributed by atoms with van der Waals surface area (Å²) in [7, 11) is 0. The summed E-state index contributed by atoms with van der Waals surface area (Å²) >= 11 is 12.9. The Balaban J connectivity index is 2.11. The van der Waals surface area contributed by atoms with Crippen molar-refractivity contribution >= 4 is 58.2 Å². The first-order chi connectivity index (χ1) is 9.99. The third-order valence-electron chi connectivity index (χ3n) is 2.51. The van der Waals surface area contributed by atoms with Gasteiger partial charge in [0.15, 0.2) is 0 Å². The number of hydrogen-bond donors (Lipinski definition) is 2. The van der Waals surface area contributed by atoms with Crippen molar-refractivity contribution in [1.82, 2.24) is 0 Å². The molecule has 0 saturated heterocycles. The van der Waals surface area contributed by atoms with E-state index in [4.69, 9.17) is 28.3 Å². The number of carbonyl (C=O) groups excluding carboxylic acids is 1. The number of carbonyl (C=O) groups is 2. The average Bonchev–Trinajstić information content (AvgIpc) is 2.88. The number of benzene rings is 1. The van der Waals surface area contributed by atoms with Crippen molar-refractivity contribution in [3.8, 4) is 0 Å². The Morgan fingerprint density at radius 3 is 2.71 bits per heavy atom. The van der Waals surface area contributed by atoms with Gasteiger partial charge in [-0.2, -0.15) is 0 Å². The average molecular weight is 342 g/mol. The molecule has 108 valence electrons. The second-order valence-electron chi connectivity index (χ2n) is 3.93. The maximum Gasteiger partial charge on any atom is 0.348 e. The quantitative estimate of drug-likeness (QED) is 0.809. The fourth-order valence-corrected chi connectivity index (χ4v) is 2.62. The second-order valence-corrected chi connectivity index (χ2v) is 5.64. The van der Waals surface area contributed by atoms with Crippen LogP contribution in [0.5, 0.6) is 0 Å². The molecule has 4 nitrogen and oxygen atoms in total. The third kappa shape index (κ3) is 3.85. The monoisotopic (exact) mass is 341 g/mol. The van der Waals surface area contributed by atoms with E-state index in [0.717, 1.165) is 11.3 Å². The fourth-order valence-electron chi connectivity index (χ4n) is 1.56. The Hall–Kier alpha value is -1.82. The molecule has 21 heavy (non-hydrogen) atoms. The highest BCUT2D eigenvalue weighted by atomic mass is 35.5. The number of nitrogens with one attached hydrogen (secondary N) is 1. The van der Waals surface area contributed by atoms with Gasteiger partial charge in [0.1, 0.15) is 4.88 Å². The molecule has 1 heterocycles. The van der Waals surface area contributed by atoms with Crippen LogP contribution in [-0.2, 0) is 4.79 Å². The van der Waals surface area contributed by atoms with Crippen LogP contribution in [0.25, 0.3) is 6.08 Å². The predicted octanol–water partition coefficient (Wildman–Crippen LogP) is 4.41. The lowest BCUT2D eigenvalue weighted by Crippen LogP contribution is -2.09. The standard InChI is InChI=1S/C14H9Cl2NO3S/c15-9-3-1-2-8(12(9)16)4-5-11(18)17-10-6-7-21-13(10)14(19)20/h1-7H,(H,17,18)(H,19,20)/b5-4+. The van der Waals surface area contributed by atoms with Crippen LogP contribution in [0, 0.1) is 0 Å². The van der Waals surface area contributed by atoms with Crippen molar-refractivity contribution < 1.29 is 14.7 Å². The van der Waals surface area contributed by atoms with Crippen LogP contribution in [0.1, 0.15) is 15.2 Å². The van der Waals surface area contributed by atoms with Crippen molar-refractivity contribution in [3.05, 3.63) is 56.2 Å². The molecule has 0 aliphatic heterocycles. The largest absolute Gasteiger partial charge is 0.477 e. The number of carboxylic acid groups (broad SMARTS) is 1. The van der Waals surface area contributed by atoms with Gasteiger partial charge in [0.2, 0.25) is 5.91 Å². The SMILES string of the molecule is O=C(/C=C/c1cccc(Cl)c1Cl)Nc1ccsc1C(=O)O. The van der Waals surface area contributed by atoms with Gasteiger partial charge in [-0.25, -0.2) is 4.79 Å². The Kier molecular flexibility index (Phi) is 5.01. The smallest absolute Gasteiger partial charge is 0.348 e. The molecule has 7 heteroatoms. The van der Waals surface area contributed by atoms with Crippen molar-refractivity contribution in [2.24, 2.45) is 0 Å². The summed E-state index contributed by atoms with van der Waals surface area (Å²) in [5.74, 6) is -1.53. The zero-order valence-electron chi connectivity index (χ0n) is 10.5. The van der Waals surface area contributed by atoms with E-state index in [1.807, 2.05) is 0 Å². The topological polar surface area (TPSA) is 66.4 Å². The lowest BCUT2D eigenvalue weighted by molar-refractivity contribution is -0.111. The van der Waals surface area contributed by atoms with Crippen LogP contribution in [0.3, 0.4) is 0 Å². The number of aromatic carboxylic acids is 1. The lowest BCUT2D eigenvalue weighted by atomic mass is 10.2. The molecular formula is C14H9Cl2NO3S. The number of hydrogen-bond acceptors (Lipinski definition) is 3. The van der Waals surface area contributed by atoms with Gasteiger partial charge in [-0.15, -0.1) is 11.3 Å². The van der Waals surface area contributed by atoms with E-state index in [-0.39, 0.29) is 10.6 Å². The normalized spacial score (nSPS) is 10.8. The van der Waals surface area contributed by atoms with Gasteiger partial charge < -0.3 is 10.4 Å². The minimum absolute atomic E-state index is 0.0811. The first kappa shape index (κ1) is 15.6. The van der Waals surface area contributed by atoms with Gasteiger partial charge in [0, 0.05) is 6.08 Å². The zero-order valence-corrected chi connectivity index (χ0v) is 12.8. The highest BCUT2D eigenvalue weighted by molar-refractivity contribution is 7.12. The van der Waals surface area contributed by atoms with Crippen LogP contribution in [0.15, 0.2) is 35.7 Å². The molecule has 0 radical (unpaired) electrons.